The lowest BCUT2D eigenvalue weighted by atomic mass is 10.1. The predicted molar refractivity (Wildman–Crippen MR) is 124 cm³/mol. The lowest BCUT2D eigenvalue weighted by Gasteiger charge is -2.13. The zero-order valence-corrected chi connectivity index (χ0v) is 17.9. The average molecular weight is 432 g/mol. The first-order chi connectivity index (χ1) is 15.0. The summed E-state index contributed by atoms with van der Waals surface area (Å²) in [4.78, 5) is 24.1. The Hall–Kier alpha value is -3.65. The van der Waals surface area contributed by atoms with Gasteiger partial charge in [0.25, 0.3) is 0 Å². The monoisotopic (exact) mass is 431 g/mol. The van der Waals surface area contributed by atoms with Gasteiger partial charge >= 0.3 is 0 Å². The molecule has 0 fully saturated rings. The number of fused-ring (bicyclic) bond motifs is 1. The van der Waals surface area contributed by atoms with Gasteiger partial charge in [-0.2, -0.15) is 0 Å². The van der Waals surface area contributed by atoms with Crippen LogP contribution in [0.4, 0.5) is 11.4 Å². The molecule has 7 nitrogen and oxygen atoms in total. The molecule has 4 aromatic rings. The molecule has 3 aromatic carbocycles. The zero-order valence-electron chi connectivity index (χ0n) is 17.1. The third-order valence-corrected chi connectivity index (χ3v) is 5.69. The number of amides is 2. The van der Waals surface area contributed by atoms with Crippen molar-refractivity contribution < 1.29 is 9.59 Å². The molecule has 0 aliphatic carbocycles. The van der Waals surface area contributed by atoms with E-state index in [-0.39, 0.29) is 11.8 Å². The van der Waals surface area contributed by atoms with Crippen LogP contribution in [0.3, 0.4) is 0 Å². The van der Waals surface area contributed by atoms with E-state index in [2.05, 4.69) is 20.8 Å². The third kappa shape index (κ3) is 4.92. The third-order valence-electron chi connectivity index (χ3n) is 4.63. The van der Waals surface area contributed by atoms with Gasteiger partial charge in [-0.05, 0) is 48.0 Å². The number of hydrogen-bond acceptors (Lipinski definition) is 5. The van der Waals surface area contributed by atoms with Crippen LogP contribution in [0, 0.1) is 0 Å². The van der Waals surface area contributed by atoms with E-state index in [1.54, 1.807) is 10.9 Å². The van der Waals surface area contributed by atoms with Crippen LogP contribution >= 0.6 is 11.8 Å². The Kier molecular flexibility index (Phi) is 5.99. The summed E-state index contributed by atoms with van der Waals surface area (Å²) in [5, 5.41) is 16.3. The number of benzene rings is 3. The van der Waals surface area contributed by atoms with Crippen molar-refractivity contribution in [2.75, 3.05) is 10.6 Å². The molecular formula is C23H21N5O2S. The zero-order chi connectivity index (χ0) is 21.8. The van der Waals surface area contributed by atoms with Crippen LogP contribution in [0.5, 0.6) is 0 Å². The number of aromatic nitrogens is 3. The maximum Gasteiger partial charge on any atom is 0.237 e. The van der Waals surface area contributed by atoms with E-state index < -0.39 is 5.25 Å². The summed E-state index contributed by atoms with van der Waals surface area (Å²) in [6.07, 6.45) is 1.59. The van der Waals surface area contributed by atoms with Gasteiger partial charge in [0.05, 0.1) is 10.9 Å². The summed E-state index contributed by atoms with van der Waals surface area (Å²) < 4.78 is 1.79. The largest absolute Gasteiger partial charge is 0.326 e. The number of nitrogens with zero attached hydrogens (tertiary/aromatic N) is 3. The minimum Gasteiger partial charge on any atom is -0.326 e. The second-order valence-electron chi connectivity index (χ2n) is 7.03. The van der Waals surface area contributed by atoms with E-state index in [0.717, 1.165) is 22.1 Å². The quantitative estimate of drug-likeness (QED) is 0.439. The first-order valence-electron chi connectivity index (χ1n) is 9.74. The number of hydrogen-bond donors (Lipinski definition) is 2. The first-order valence-corrected chi connectivity index (χ1v) is 10.6. The Morgan fingerprint density at radius 1 is 0.935 bits per heavy atom. The SMILES string of the molecule is CC(=O)Nc1cccc(-n2cnnc2SC(C)C(=O)Nc2ccc3ccccc3c2)c1. The molecule has 0 saturated heterocycles. The van der Waals surface area contributed by atoms with Crippen LogP contribution in [0.25, 0.3) is 16.5 Å². The minimum absolute atomic E-state index is 0.123. The van der Waals surface area contributed by atoms with Crippen LogP contribution in [-0.4, -0.2) is 31.8 Å². The Balaban J connectivity index is 1.47. The first kappa shape index (κ1) is 20.6. The van der Waals surface area contributed by atoms with E-state index in [0.29, 0.717) is 10.8 Å². The molecule has 1 atom stereocenters. The normalized spacial score (nSPS) is 11.8. The van der Waals surface area contributed by atoms with Gasteiger partial charge in [-0.1, -0.05) is 48.2 Å². The molecule has 0 spiro atoms. The molecule has 1 unspecified atom stereocenters. The summed E-state index contributed by atoms with van der Waals surface area (Å²) in [6, 6.07) is 21.2. The standard InChI is InChI=1S/C23H21N5O2S/c1-15(22(30)26-20-11-10-17-6-3-4-7-18(17)12-20)31-23-27-24-14-28(23)21-9-5-8-19(13-21)25-16(2)29/h3-15H,1-2H3,(H,25,29)(H,26,30). The molecule has 0 radical (unpaired) electrons. The molecule has 0 saturated carbocycles. The van der Waals surface area contributed by atoms with Gasteiger partial charge in [-0.25, -0.2) is 0 Å². The van der Waals surface area contributed by atoms with Crippen LogP contribution < -0.4 is 10.6 Å². The number of anilines is 2. The summed E-state index contributed by atoms with van der Waals surface area (Å²) in [5.41, 5.74) is 2.22. The molecule has 0 aliphatic rings. The summed E-state index contributed by atoms with van der Waals surface area (Å²) in [5.74, 6) is -0.267. The number of carbonyl (C=O) groups is 2. The van der Waals surface area contributed by atoms with E-state index in [1.165, 1.54) is 18.7 Å². The number of thioether (sulfide) groups is 1. The van der Waals surface area contributed by atoms with Gasteiger partial charge in [-0.15, -0.1) is 10.2 Å². The van der Waals surface area contributed by atoms with Crippen LogP contribution in [-0.2, 0) is 9.59 Å². The van der Waals surface area contributed by atoms with Gasteiger partial charge in [0, 0.05) is 18.3 Å². The highest BCUT2D eigenvalue weighted by molar-refractivity contribution is 8.00. The average Bonchev–Trinajstić information content (AvgIpc) is 3.21. The maximum atomic E-state index is 12.8. The lowest BCUT2D eigenvalue weighted by Crippen LogP contribution is -2.22. The molecule has 31 heavy (non-hydrogen) atoms. The van der Waals surface area contributed by atoms with Gasteiger partial charge in [0.2, 0.25) is 11.8 Å². The molecule has 4 rings (SSSR count). The van der Waals surface area contributed by atoms with Crippen molar-refractivity contribution in [1.82, 2.24) is 14.8 Å². The second-order valence-corrected chi connectivity index (χ2v) is 8.33. The van der Waals surface area contributed by atoms with E-state index in [4.69, 9.17) is 0 Å². The predicted octanol–water partition coefficient (Wildman–Crippen LogP) is 4.50. The Bertz CT molecular complexity index is 1250. The van der Waals surface area contributed by atoms with Crippen LogP contribution in [0.2, 0.25) is 0 Å². The van der Waals surface area contributed by atoms with Crippen molar-refractivity contribution in [3.8, 4) is 5.69 Å². The molecule has 8 heteroatoms. The van der Waals surface area contributed by atoms with Crippen molar-refractivity contribution in [1.29, 1.82) is 0 Å². The molecule has 156 valence electrons. The van der Waals surface area contributed by atoms with E-state index in [1.807, 2.05) is 73.7 Å². The number of nitrogens with one attached hydrogen (secondary N) is 2. The molecule has 2 N–H and O–H groups in total. The molecule has 1 aromatic heterocycles. The van der Waals surface area contributed by atoms with E-state index >= 15 is 0 Å². The highest BCUT2D eigenvalue weighted by Gasteiger charge is 2.19. The van der Waals surface area contributed by atoms with Crippen molar-refractivity contribution in [3.05, 3.63) is 73.1 Å². The van der Waals surface area contributed by atoms with Crippen molar-refractivity contribution in [3.63, 3.8) is 0 Å². The van der Waals surface area contributed by atoms with Gasteiger partial charge in [-0.3, -0.25) is 14.2 Å². The Morgan fingerprint density at radius 3 is 2.52 bits per heavy atom. The maximum absolute atomic E-state index is 12.8. The fraction of sp³-hybridized carbons (Fsp3) is 0.130. The van der Waals surface area contributed by atoms with Gasteiger partial charge in [0.15, 0.2) is 5.16 Å². The molecule has 0 aliphatic heterocycles. The van der Waals surface area contributed by atoms with Gasteiger partial charge < -0.3 is 10.6 Å². The van der Waals surface area contributed by atoms with Crippen molar-refractivity contribution in [2.45, 2.75) is 24.3 Å². The number of rotatable bonds is 6. The molecular weight excluding hydrogens is 410 g/mol. The van der Waals surface area contributed by atoms with Gasteiger partial charge in [0.1, 0.15) is 6.33 Å². The Morgan fingerprint density at radius 2 is 1.71 bits per heavy atom. The summed E-state index contributed by atoms with van der Waals surface area (Å²) in [6.45, 7) is 3.29. The number of carbonyl (C=O) groups excluding carboxylic acids is 2. The fourth-order valence-corrected chi connectivity index (χ4v) is 3.98. The highest BCUT2D eigenvalue weighted by Crippen LogP contribution is 2.26. The smallest absolute Gasteiger partial charge is 0.237 e. The summed E-state index contributed by atoms with van der Waals surface area (Å²) in [7, 11) is 0. The van der Waals surface area contributed by atoms with Crippen molar-refractivity contribution >= 4 is 45.7 Å². The molecule has 1 heterocycles. The summed E-state index contributed by atoms with van der Waals surface area (Å²) >= 11 is 1.31. The molecule has 0 bridgehead atoms. The highest BCUT2D eigenvalue weighted by atomic mass is 32.2. The van der Waals surface area contributed by atoms with E-state index in [9.17, 15) is 9.59 Å². The topological polar surface area (TPSA) is 88.9 Å². The van der Waals surface area contributed by atoms with Crippen molar-refractivity contribution in [2.24, 2.45) is 0 Å². The Labute approximate surface area is 183 Å². The second kappa shape index (κ2) is 9.01. The molecule has 2 amide bonds. The van der Waals surface area contributed by atoms with Crippen LogP contribution in [0.15, 0.2) is 78.2 Å². The van der Waals surface area contributed by atoms with Crippen LogP contribution in [0.1, 0.15) is 13.8 Å². The lowest BCUT2D eigenvalue weighted by molar-refractivity contribution is -0.115. The minimum atomic E-state index is -0.395. The fourth-order valence-electron chi connectivity index (χ4n) is 3.14.